The third kappa shape index (κ3) is 5.62. The molecule has 2 aromatic rings. The van der Waals surface area contributed by atoms with Gasteiger partial charge in [-0.3, -0.25) is 9.59 Å². The molecule has 2 amide bonds. The monoisotopic (exact) mass is 454 g/mol. The van der Waals surface area contributed by atoms with Crippen molar-refractivity contribution in [2.45, 2.75) is 37.5 Å². The molecule has 2 aromatic carbocycles. The number of halogens is 3. The van der Waals surface area contributed by atoms with Crippen molar-refractivity contribution in [1.82, 2.24) is 10.6 Å². The largest absolute Gasteiger partial charge is 0.484 e. The Labute approximate surface area is 183 Å². The Morgan fingerprint density at radius 1 is 1.23 bits per heavy atom. The van der Waals surface area contributed by atoms with E-state index in [0.29, 0.717) is 23.4 Å². The van der Waals surface area contributed by atoms with Crippen LogP contribution in [0.15, 0.2) is 42.5 Å². The third-order valence-electron chi connectivity index (χ3n) is 4.88. The molecule has 160 valence electrons. The third-order valence-corrected chi connectivity index (χ3v) is 5.44. The number of rotatable bonds is 7. The topological polar surface area (TPSA) is 87.7 Å². The van der Waals surface area contributed by atoms with Crippen molar-refractivity contribution in [3.05, 3.63) is 63.9 Å². The van der Waals surface area contributed by atoms with Crippen LogP contribution in [0.1, 0.15) is 31.4 Å². The molecule has 1 aliphatic carbocycles. The molecule has 0 unspecified atom stereocenters. The smallest absolute Gasteiger partial charge is 0.258 e. The molecule has 6 nitrogen and oxygen atoms in total. The van der Waals surface area contributed by atoms with E-state index >= 15 is 0 Å². The second kappa shape index (κ2) is 9.20. The van der Waals surface area contributed by atoms with Crippen LogP contribution in [0.25, 0.3) is 0 Å². The van der Waals surface area contributed by atoms with Gasteiger partial charge in [0.1, 0.15) is 11.6 Å². The molecule has 3 rings (SSSR count). The Bertz CT molecular complexity index is 933. The minimum atomic E-state index is -1.29. The van der Waals surface area contributed by atoms with Crippen LogP contribution in [0, 0.1) is 5.82 Å². The predicted molar refractivity (Wildman–Crippen MR) is 111 cm³/mol. The summed E-state index contributed by atoms with van der Waals surface area (Å²) in [5.41, 5.74) is -0.0578. The minimum absolute atomic E-state index is 0.0250. The highest BCUT2D eigenvalue weighted by Gasteiger charge is 2.42. The molecule has 30 heavy (non-hydrogen) atoms. The first kappa shape index (κ1) is 22.3. The van der Waals surface area contributed by atoms with Gasteiger partial charge >= 0.3 is 0 Å². The average Bonchev–Trinajstić information content (AvgIpc) is 2.67. The number of aliphatic hydroxyl groups is 1. The first-order valence-electron chi connectivity index (χ1n) is 9.28. The van der Waals surface area contributed by atoms with Gasteiger partial charge in [-0.25, -0.2) is 4.39 Å². The van der Waals surface area contributed by atoms with E-state index in [-0.39, 0.29) is 29.3 Å². The van der Waals surface area contributed by atoms with Crippen LogP contribution in [-0.2, 0) is 9.59 Å². The molecular weight excluding hydrogens is 434 g/mol. The number of benzene rings is 2. The molecule has 1 aliphatic rings. The molecule has 1 atom stereocenters. The number of carbonyl (C=O) groups is 2. The van der Waals surface area contributed by atoms with E-state index in [1.165, 1.54) is 12.1 Å². The van der Waals surface area contributed by atoms with Gasteiger partial charge in [0.2, 0.25) is 0 Å². The Morgan fingerprint density at radius 3 is 2.53 bits per heavy atom. The Balaban J connectivity index is 1.42. The number of nitrogens with one attached hydrogen (secondary N) is 2. The highest BCUT2D eigenvalue weighted by molar-refractivity contribution is 6.30. The summed E-state index contributed by atoms with van der Waals surface area (Å²) in [6, 6.07) is 10.1. The van der Waals surface area contributed by atoms with Crippen molar-refractivity contribution in [2.24, 2.45) is 0 Å². The summed E-state index contributed by atoms with van der Waals surface area (Å²) < 4.78 is 18.7. The summed E-state index contributed by atoms with van der Waals surface area (Å²) in [5, 5.41) is 16.3. The lowest BCUT2D eigenvalue weighted by Gasteiger charge is -2.46. The van der Waals surface area contributed by atoms with E-state index in [9.17, 15) is 19.1 Å². The molecule has 0 aromatic heterocycles. The van der Waals surface area contributed by atoms with Crippen LogP contribution in [0.5, 0.6) is 5.75 Å². The molecule has 0 saturated heterocycles. The Morgan fingerprint density at radius 2 is 1.90 bits per heavy atom. The second-order valence-corrected chi connectivity index (χ2v) is 8.38. The summed E-state index contributed by atoms with van der Waals surface area (Å²) in [4.78, 5) is 24.4. The van der Waals surface area contributed by atoms with Gasteiger partial charge in [0.15, 0.2) is 12.7 Å². The zero-order valence-electron chi connectivity index (χ0n) is 16.1. The molecule has 9 heteroatoms. The number of hydrogen-bond donors (Lipinski definition) is 3. The molecule has 0 spiro atoms. The lowest BCUT2D eigenvalue weighted by molar-refractivity contribution is -0.132. The molecule has 0 radical (unpaired) electrons. The van der Waals surface area contributed by atoms with Gasteiger partial charge in [0.05, 0.1) is 5.02 Å². The summed E-state index contributed by atoms with van der Waals surface area (Å²) in [6.07, 6.45) is -0.280. The van der Waals surface area contributed by atoms with Crippen LogP contribution in [0.4, 0.5) is 4.39 Å². The zero-order valence-corrected chi connectivity index (χ0v) is 17.6. The fourth-order valence-electron chi connectivity index (χ4n) is 3.40. The summed E-state index contributed by atoms with van der Waals surface area (Å²) in [5.74, 6) is -1.30. The van der Waals surface area contributed by atoms with Crippen LogP contribution >= 0.6 is 23.2 Å². The fraction of sp³-hybridized carbons (Fsp3) is 0.333. The van der Waals surface area contributed by atoms with Crippen molar-refractivity contribution in [2.75, 3.05) is 6.61 Å². The SMILES string of the molecule is CC1(NC(=O)COc2ccc(Cl)c(F)c2)CC(NC(=O)[C@H](O)c2ccc(Cl)cc2)C1. The number of carbonyl (C=O) groups excluding carboxylic acids is 2. The number of hydrogen-bond acceptors (Lipinski definition) is 4. The van der Waals surface area contributed by atoms with E-state index in [1.807, 2.05) is 6.92 Å². The van der Waals surface area contributed by atoms with Gasteiger partial charge < -0.3 is 20.5 Å². The maximum absolute atomic E-state index is 13.4. The van der Waals surface area contributed by atoms with E-state index < -0.39 is 23.4 Å². The van der Waals surface area contributed by atoms with Gasteiger partial charge in [-0.05, 0) is 49.6 Å². The van der Waals surface area contributed by atoms with Crippen molar-refractivity contribution in [3.63, 3.8) is 0 Å². The molecule has 1 saturated carbocycles. The van der Waals surface area contributed by atoms with E-state index in [4.69, 9.17) is 27.9 Å². The van der Waals surface area contributed by atoms with E-state index in [2.05, 4.69) is 10.6 Å². The quantitative estimate of drug-likeness (QED) is 0.598. The van der Waals surface area contributed by atoms with Gasteiger partial charge in [-0.1, -0.05) is 35.3 Å². The van der Waals surface area contributed by atoms with Gasteiger partial charge in [-0.2, -0.15) is 0 Å². The minimum Gasteiger partial charge on any atom is -0.484 e. The van der Waals surface area contributed by atoms with E-state index in [0.717, 1.165) is 6.07 Å². The highest BCUT2D eigenvalue weighted by atomic mass is 35.5. The van der Waals surface area contributed by atoms with Gasteiger partial charge in [0.25, 0.3) is 11.8 Å². The van der Waals surface area contributed by atoms with Crippen molar-refractivity contribution >= 4 is 35.0 Å². The summed E-state index contributed by atoms with van der Waals surface area (Å²) >= 11 is 11.4. The van der Waals surface area contributed by atoms with Crippen LogP contribution in [0.3, 0.4) is 0 Å². The number of aliphatic hydroxyl groups excluding tert-OH is 1. The average molecular weight is 455 g/mol. The predicted octanol–water partition coefficient (Wildman–Crippen LogP) is 3.40. The summed E-state index contributed by atoms with van der Waals surface area (Å²) in [6.45, 7) is 1.58. The lowest BCUT2D eigenvalue weighted by Crippen LogP contribution is -2.62. The number of ether oxygens (including phenoxy) is 1. The van der Waals surface area contributed by atoms with Gasteiger partial charge in [0, 0.05) is 22.7 Å². The molecule has 0 bridgehead atoms. The molecular formula is C21H21Cl2FN2O4. The zero-order chi connectivity index (χ0) is 21.9. The summed E-state index contributed by atoms with van der Waals surface area (Å²) in [7, 11) is 0. The Hall–Kier alpha value is -2.35. The maximum atomic E-state index is 13.4. The maximum Gasteiger partial charge on any atom is 0.258 e. The standard InChI is InChI=1S/C21H21Cl2FN2O4/c1-21(26-18(27)11-30-15-6-7-16(23)17(24)8-15)9-14(10-21)25-20(29)19(28)12-2-4-13(22)5-3-12/h2-8,14,19,28H,9-11H2,1H3,(H,25,29)(H,26,27)/t14?,19-,21?/m1/s1. The molecule has 1 fully saturated rings. The normalized spacial score (nSPS) is 21.3. The first-order chi connectivity index (χ1) is 14.1. The fourth-order valence-corrected chi connectivity index (χ4v) is 3.64. The van der Waals surface area contributed by atoms with Crippen LogP contribution in [0.2, 0.25) is 10.0 Å². The molecule has 0 heterocycles. The molecule has 3 N–H and O–H groups in total. The van der Waals surface area contributed by atoms with Crippen LogP contribution in [-0.4, -0.2) is 35.1 Å². The lowest BCUT2D eigenvalue weighted by atomic mass is 9.74. The van der Waals surface area contributed by atoms with E-state index in [1.54, 1.807) is 24.3 Å². The highest BCUT2D eigenvalue weighted by Crippen LogP contribution is 2.32. The first-order valence-corrected chi connectivity index (χ1v) is 10.0. The van der Waals surface area contributed by atoms with Crippen LogP contribution < -0.4 is 15.4 Å². The Kier molecular flexibility index (Phi) is 6.85. The number of amides is 2. The van der Waals surface area contributed by atoms with Gasteiger partial charge in [-0.15, -0.1) is 0 Å². The van der Waals surface area contributed by atoms with Crippen molar-refractivity contribution in [1.29, 1.82) is 0 Å². The molecule has 0 aliphatic heterocycles. The van der Waals surface area contributed by atoms with Crippen molar-refractivity contribution < 1.29 is 23.8 Å². The second-order valence-electron chi connectivity index (χ2n) is 7.54. The van der Waals surface area contributed by atoms with Crippen molar-refractivity contribution in [3.8, 4) is 5.75 Å².